The Morgan fingerprint density at radius 3 is 2.63 bits per heavy atom. The van der Waals surface area contributed by atoms with E-state index in [1.54, 1.807) is 19.1 Å². The first-order chi connectivity index (χ1) is 8.92. The van der Waals surface area contributed by atoms with Gasteiger partial charge in [-0.25, -0.2) is 4.39 Å². The number of hydrogen-bond acceptors (Lipinski definition) is 2. The average Bonchev–Trinajstić information content (AvgIpc) is 2.41. The molecule has 0 atom stereocenters. The summed E-state index contributed by atoms with van der Waals surface area (Å²) in [5, 5.41) is 9.56. The lowest BCUT2D eigenvalue weighted by atomic mass is 10.1. The monoisotopic (exact) mass is 304 g/mol. The molecule has 0 aliphatic heterocycles. The van der Waals surface area contributed by atoms with Crippen molar-refractivity contribution in [2.24, 2.45) is 0 Å². The second-order valence-electron chi connectivity index (χ2n) is 3.99. The summed E-state index contributed by atoms with van der Waals surface area (Å²) in [5.74, 6) is 0.00896. The fourth-order valence-corrected chi connectivity index (χ4v) is 2.07. The standard InChI is InChI=1S/C14H15Cl2FO2/c1-8(12(17)7-18)4-5-10-11(15)6-13(19-3)9(2)14(10)16/h4-6,18H,7H2,1-3H3/b5-4+,12-8-. The second kappa shape index (κ2) is 6.94. The van der Waals surface area contributed by atoms with Gasteiger partial charge < -0.3 is 9.84 Å². The highest BCUT2D eigenvalue weighted by molar-refractivity contribution is 6.37. The smallest absolute Gasteiger partial charge is 0.128 e. The number of halogens is 3. The first-order valence-electron chi connectivity index (χ1n) is 5.59. The van der Waals surface area contributed by atoms with Crippen molar-refractivity contribution in [3.63, 3.8) is 0 Å². The van der Waals surface area contributed by atoms with Crippen molar-refractivity contribution < 1.29 is 14.2 Å². The molecule has 0 bridgehead atoms. The zero-order chi connectivity index (χ0) is 14.6. The number of aliphatic hydroxyl groups excluding tert-OH is 1. The van der Waals surface area contributed by atoms with Crippen LogP contribution in [-0.4, -0.2) is 18.8 Å². The lowest BCUT2D eigenvalue weighted by Crippen LogP contribution is -1.91. The van der Waals surface area contributed by atoms with E-state index in [9.17, 15) is 4.39 Å². The normalized spacial score (nSPS) is 12.8. The van der Waals surface area contributed by atoms with Crippen LogP contribution < -0.4 is 4.74 Å². The van der Waals surface area contributed by atoms with Gasteiger partial charge >= 0.3 is 0 Å². The molecule has 0 aromatic heterocycles. The van der Waals surface area contributed by atoms with E-state index in [4.69, 9.17) is 33.0 Å². The molecule has 0 heterocycles. The highest BCUT2D eigenvalue weighted by atomic mass is 35.5. The molecule has 0 saturated carbocycles. The first kappa shape index (κ1) is 16.0. The molecule has 0 spiro atoms. The highest BCUT2D eigenvalue weighted by Gasteiger charge is 2.11. The number of ether oxygens (including phenoxy) is 1. The summed E-state index contributed by atoms with van der Waals surface area (Å²) < 4.78 is 18.3. The molecule has 0 radical (unpaired) electrons. The Morgan fingerprint density at radius 1 is 1.47 bits per heavy atom. The first-order valence-corrected chi connectivity index (χ1v) is 6.34. The Kier molecular flexibility index (Phi) is 5.85. The molecule has 0 aliphatic rings. The molecule has 104 valence electrons. The number of methoxy groups -OCH3 is 1. The predicted molar refractivity (Wildman–Crippen MR) is 77.7 cm³/mol. The highest BCUT2D eigenvalue weighted by Crippen LogP contribution is 2.35. The fraction of sp³-hybridized carbons (Fsp3) is 0.286. The van der Waals surface area contributed by atoms with Crippen LogP contribution >= 0.6 is 23.2 Å². The van der Waals surface area contributed by atoms with E-state index in [0.29, 0.717) is 26.9 Å². The largest absolute Gasteiger partial charge is 0.496 e. The van der Waals surface area contributed by atoms with Crippen LogP contribution in [-0.2, 0) is 0 Å². The Hall–Kier alpha value is -1.03. The predicted octanol–water partition coefficient (Wildman–Crippen LogP) is 4.56. The number of allylic oxidation sites excluding steroid dienone is 2. The van der Waals surface area contributed by atoms with E-state index in [0.717, 1.165) is 5.56 Å². The quantitative estimate of drug-likeness (QED) is 0.826. The minimum atomic E-state index is -0.626. The molecule has 5 heteroatoms. The molecule has 0 saturated heterocycles. The van der Waals surface area contributed by atoms with E-state index in [-0.39, 0.29) is 0 Å². The maximum absolute atomic E-state index is 13.1. The molecule has 19 heavy (non-hydrogen) atoms. The SMILES string of the molecule is COc1cc(Cl)c(/C=C/C(C)=C(\F)CO)c(Cl)c1C. The van der Waals surface area contributed by atoms with Crippen LogP contribution in [0.4, 0.5) is 4.39 Å². The van der Waals surface area contributed by atoms with Gasteiger partial charge in [-0.3, -0.25) is 0 Å². The summed E-state index contributed by atoms with van der Waals surface area (Å²) in [5.41, 5.74) is 1.67. The van der Waals surface area contributed by atoms with Gasteiger partial charge in [0.05, 0.1) is 23.8 Å². The molecular weight excluding hydrogens is 290 g/mol. The van der Waals surface area contributed by atoms with Gasteiger partial charge in [0.25, 0.3) is 0 Å². The molecule has 0 unspecified atom stereocenters. The van der Waals surface area contributed by atoms with Gasteiger partial charge in [0, 0.05) is 11.1 Å². The lowest BCUT2D eigenvalue weighted by Gasteiger charge is -2.10. The average molecular weight is 305 g/mol. The topological polar surface area (TPSA) is 29.5 Å². The molecule has 2 nitrogen and oxygen atoms in total. The van der Waals surface area contributed by atoms with Crippen LogP contribution in [0.2, 0.25) is 10.0 Å². The number of hydrogen-bond donors (Lipinski definition) is 1. The fourth-order valence-electron chi connectivity index (χ4n) is 1.50. The van der Waals surface area contributed by atoms with Crippen LogP contribution in [0.3, 0.4) is 0 Å². The third kappa shape index (κ3) is 3.72. The van der Waals surface area contributed by atoms with E-state index >= 15 is 0 Å². The van der Waals surface area contributed by atoms with Crippen molar-refractivity contribution in [1.29, 1.82) is 0 Å². The Morgan fingerprint density at radius 2 is 2.11 bits per heavy atom. The van der Waals surface area contributed by atoms with E-state index < -0.39 is 12.4 Å². The number of rotatable bonds is 4. The second-order valence-corrected chi connectivity index (χ2v) is 4.78. The molecule has 0 amide bonds. The van der Waals surface area contributed by atoms with Crippen molar-refractivity contribution in [2.45, 2.75) is 13.8 Å². The summed E-state index contributed by atoms with van der Waals surface area (Å²) in [6.07, 6.45) is 3.13. The maximum atomic E-state index is 13.1. The van der Waals surface area contributed by atoms with E-state index in [2.05, 4.69) is 0 Å². The summed E-state index contributed by atoms with van der Waals surface area (Å²) in [4.78, 5) is 0. The van der Waals surface area contributed by atoms with Crippen LogP contribution in [0.1, 0.15) is 18.1 Å². The number of benzene rings is 1. The zero-order valence-corrected chi connectivity index (χ0v) is 12.4. The van der Waals surface area contributed by atoms with Crippen molar-refractivity contribution in [3.05, 3.63) is 44.7 Å². The molecular formula is C14H15Cl2FO2. The molecule has 1 N–H and O–H groups in total. The van der Waals surface area contributed by atoms with Gasteiger partial charge in [0.1, 0.15) is 11.6 Å². The minimum Gasteiger partial charge on any atom is -0.496 e. The van der Waals surface area contributed by atoms with Crippen molar-refractivity contribution in [1.82, 2.24) is 0 Å². The van der Waals surface area contributed by atoms with Gasteiger partial charge in [0.15, 0.2) is 0 Å². The van der Waals surface area contributed by atoms with Gasteiger partial charge in [-0.15, -0.1) is 0 Å². The summed E-state index contributed by atoms with van der Waals surface area (Å²) >= 11 is 12.3. The third-order valence-corrected chi connectivity index (χ3v) is 3.54. The lowest BCUT2D eigenvalue weighted by molar-refractivity contribution is 0.296. The van der Waals surface area contributed by atoms with Crippen LogP contribution in [0.25, 0.3) is 6.08 Å². The Labute approximate surface area is 122 Å². The zero-order valence-electron chi connectivity index (χ0n) is 10.9. The molecule has 1 aromatic rings. The van der Waals surface area contributed by atoms with E-state index in [1.165, 1.54) is 13.2 Å². The molecule has 1 aromatic carbocycles. The van der Waals surface area contributed by atoms with Crippen molar-refractivity contribution >= 4 is 29.3 Å². The van der Waals surface area contributed by atoms with Gasteiger partial charge in [-0.05, 0) is 25.5 Å². The van der Waals surface area contributed by atoms with Gasteiger partial charge in [0.2, 0.25) is 0 Å². The van der Waals surface area contributed by atoms with Crippen LogP contribution in [0.5, 0.6) is 5.75 Å². The minimum absolute atomic E-state index is 0.322. The molecule has 0 aliphatic carbocycles. The van der Waals surface area contributed by atoms with Crippen molar-refractivity contribution in [2.75, 3.05) is 13.7 Å². The van der Waals surface area contributed by atoms with E-state index in [1.807, 2.05) is 6.92 Å². The maximum Gasteiger partial charge on any atom is 0.128 e. The van der Waals surface area contributed by atoms with Crippen molar-refractivity contribution in [3.8, 4) is 5.75 Å². The van der Waals surface area contributed by atoms with Crippen LogP contribution in [0, 0.1) is 6.92 Å². The molecule has 0 fully saturated rings. The Balaban J connectivity index is 3.23. The van der Waals surface area contributed by atoms with Gasteiger partial charge in [-0.2, -0.15) is 0 Å². The Bertz CT molecular complexity index is 537. The summed E-state index contributed by atoms with van der Waals surface area (Å²) in [6.45, 7) is 2.74. The number of aliphatic hydroxyl groups is 1. The van der Waals surface area contributed by atoms with Gasteiger partial charge in [-0.1, -0.05) is 35.4 Å². The summed E-state index contributed by atoms with van der Waals surface area (Å²) in [7, 11) is 1.54. The molecule has 1 rings (SSSR count). The van der Waals surface area contributed by atoms with Crippen LogP contribution in [0.15, 0.2) is 23.5 Å². The summed E-state index contributed by atoms with van der Waals surface area (Å²) in [6, 6.07) is 1.66. The third-order valence-electron chi connectivity index (χ3n) is 2.74.